The number of allylic oxidation sites excluding steroid dienone is 1. The molecule has 0 amide bonds. The Balaban J connectivity index is 1.92. The van der Waals surface area contributed by atoms with Crippen LogP contribution < -0.4 is 38.5 Å². The summed E-state index contributed by atoms with van der Waals surface area (Å²) in [5.41, 5.74) is 2.31. The van der Waals surface area contributed by atoms with Gasteiger partial charge in [-0.3, -0.25) is 4.79 Å². The average Bonchev–Trinajstić information content (AvgIpc) is 2.98. The van der Waals surface area contributed by atoms with E-state index in [-0.39, 0.29) is 17.3 Å². The maximum atomic E-state index is 12.9. The lowest BCUT2D eigenvalue weighted by atomic mass is 10.1. The largest absolute Gasteiger partial charge is 0.504 e. The van der Waals surface area contributed by atoms with Gasteiger partial charge in [0.15, 0.2) is 40.3 Å². The van der Waals surface area contributed by atoms with Crippen LogP contribution in [0.4, 0.5) is 5.69 Å². The van der Waals surface area contributed by atoms with E-state index in [1.54, 1.807) is 56.7 Å². The predicted octanol–water partition coefficient (Wildman–Crippen LogP) is 5.43. The maximum absolute atomic E-state index is 12.9. The summed E-state index contributed by atoms with van der Waals surface area (Å²) in [4.78, 5) is 12.9. The number of hydrogen-bond acceptors (Lipinski definition) is 10. The fourth-order valence-electron chi connectivity index (χ4n) is 3.92. The second-order valence-corrected chi connectivity index (χ2v) is 8.16. The Morgan fingerprint density at radius 2 is 1.15 bits per heavy atom. The molecule has 0 heterocycles. The van der Waals surface area contributed by atoms with Crippen molar-refractivity contribution in [3.8, 4) is 46.0 Å². The molecule has 2 N–H and O–H groups in total. The zero-order valence-corrected chi connectivity index (χ0v) is 23.5. The Morgan fingerprint density at radius 3 is 1.62 bits per heavy atom. The molecule has 0 saturated heterocycles. The van der Waals surface area contributed by atoms with Crippen molar-refractivity contribution in [2.45, 2.75) is 0 Å². The molecule has 3 aromatic carbocycles. The number of carbonyl (C=O) groups is 1. The van der Waals surface area contributed by atoms with Gasteiger partial charge in [-0.1, -0.05) is 12.2 Å². The van der Waals surface area contributed by atoms with Crippen LogP contribution in [0.3, 0.4) is 0 Å². The fraction of sp³-hybridized carbons (Fsp3) is 0.233. The van der Waals surface area contributed by atoms with E-state index in [9.17, 15) is 9.90 Å². The Labute approximate surface area is 233 Å². The highest BCUT2D eigenvalue weighted by atomic mass is 16.5. The Morgan fingerprint density at radius 1 is 0.650 bits per heavy atom. The van der Waals surface area contributed by atoms with Crippen molar-refractivity contribution in [3.63, 3.8) is 0 Å². The fourth-order valence-corrected chi connectivity index (χ4v) is 3.92. The van der Waals surface area contributed by atoms with Gasteiger partial charge in [0, 0.05) is 35.2 Å². The van der Waals surface area contributed by atoms with Crippen LogP contribution in [0.5, 0.6) is 46.0 Å². The molecule has 10 heteroatoms. The summed E-state index contributed by atoms with van der Waals surface area (Å²) in [5.74, 6) is 2.54. The molecule has 0 aromatic heterocycles. The summed E-state index contributed by atoms with van der Waals surface area (Å²) in [7, 11) is 10.5. The van der Waals surface area contributed by atoms with Crippen molar-refractivity contribution in [2.24, 2.45) is 0 Å². The number of rotatable bonds is 13. The van der Waals surface area contributed by atoms with E-state index >= 15 is 0 Å². The molecule has 212 valence electrons. The van der Waals surface area contributed by atoms with Gasteiger partial charge < -0.3 is 43.6 Å². The first-order valence-corrected chi connectivity index (χ1v) is 12.0. The molecule has 0 unspecified atom stereocenters. The lowest BCUT2D eigenvalue weighted by Gasteiger charge is -2.13. The molecule has 3 aromatic rings. The van der Waals surface area contributed by atoms with E-state index in [0.717, 1.165) is 5.56 Å². The minimum Gasteiger partial charge on any atom is -0.504 e. The highest BCUT2D eigenvalue weighted by Gasteiger charge is 2.16. The van der Waals surface area contributed by atoms with Crippen molar-refractivity contribution in [3.05, 3.63) is 65.4 Å². The summed E-state index contributed by atoms with van der Waals surface area (Å²) in [5, 5.41) is 13.5. The number of phenols is 1. The van der Waals surface area contributed by atoms with Gasteiger partial charge in [-0.25, -0.2) is 0 Å². The third-order valence-corrected chi connectivity index (χ3v) is 5.92. The van der Waals surface area contributed by atoms with Gasteiger partial charge in [-0.05, 0) is 35.9 Å². The molecular weight excluding hydrogens is 518 g/mol. The number of methoxy groups -OCH3 is 7. The lowest BCUT2D eigenvalue weighted by molar-refractivity contribution is 0.104. The number of phenolic OH excluding ortho intramolecular Hbond substituents is 1. The van der Waals surface area contributed by atoms with Gasteiger partial charge in [-0.15, -0.1) is 0 Å². The molecule has 10 nitrogen and oxygen atoms in total. The van der Waals surface area contributed by atoms with Crippen molar-refractivity contribution >= 4 is 23.6 Å². The van der Waals surface area contributed by atoms with Gasteiger partial charge >= 0.3 is 0 Å². The number of ether oxygens (including phenoxy) is 7. The highest BCUT2D eigenvalue weighted by Crippen LogP contribution is 2.40. The zero-order valence-electron chi connectivity index (χ0n) is 23.5. The highest BCUT2D eigenvalue weighted by molar-refractivity contribution is 6.05. The van der Waals surface area contributed by atoms with E-state index in [2.05, 4.69) is 5.32 Å². The third-order valence-electron chi connectivity index (χ3n) is 5.92. The smallest absolute Gasteiger partial charge is 0.203 e. The van der Waals surface area contributed by atoms with Crippen molar-refractivity contribution < 1.29 is 43.1 Å². The van der Waals surface area contributed by atoms with Crippen molar-refractivity contribution in [1.82, 2.24) is 0 Å². The first-order chi connectivity index (χ1) is 19.3. The Bertz CT molecular complexity index is 1360. The van der Waals surface area contributed by atoms with Crippen LogP contribution in [0.25, 0.3) is 12.2 Å². The van der Waals surface area contributed by atoms with Crippen LogP contribution in [0.1, 0.15) is 21.5 Å². The predicted molar refractivity (Wildman–Crippen MR) is 153 cm³/mol. The minimum atomic E-state index is -0.299. The van der Waals surface area contributed by atoms with Gasteiger partial charge in [0.1, 0.15) is 0 Å². The van der Waals surface area contributed by atoms with E-state index in [1.165, 1.54) is 47.8 Å². The number of aromatic hydroxyl groups is 1. The minimum absolute atomic E-state index is 0.0462. The van der Waals surface area contributed by atoms with Crippen LogP contribution in [0.15, 0.2) is 48.7 Å². The van der Waals surface area contributed by atoms with Crippen LogP contribution in [-0.4, -0.2) is 60.7 Å². The van der Waals surface area contributed by atoms with E-state index in [1.807, 2.05) is 6.08 Å². The molecule has 0 aliphatic carbocycles. The zero-order chi connectivity index (χ0) is 29.2. The summed E-state index contributed by atoms with van der Waals surface area (Å²) < 4.78 is 37.5. The topological polar surface area (TPSA) is 114 Å². The van der Waals surface area contributed by atoms with Gasteiger partial charge in [-0.2, -0.15) is 0 Å². The second-order valence-electron chi connectivity index (χ2n) is 8.16. The number of hydrogen-bond donors (Lipinski definition) is 2. The monoisotopic (exact) mass is 551 g/mol. The molecule has 0 atom stereocenters. The molecular formula is C30H33NO9. The molecule has 0 saturated carbocycles. The number of anilines is 1. The number of carbonyl (C=O) groups excluding carboxylic acids is 1. The Kier molecular flexibility index (Phi) is 10.1. The molecule has 0 aliphatic rings. The van der Waals surface area contributed by atoms with Gasteiger partial charge in [0.05, 0.1) is 49.8 Å². The average molecular weight is 552 g/mol. The molecule has 0 fully saturated rings. The van der Waals surface area contributed by atoms with Crippen LogP contribution in [-0.2, 0) is 0 Å². The quantitative estimate of drug-likeness (QED) is 0.123. The Hall–Kier alpha value is -4.99. The standard InChI is InChI=1S/C30H33NO9/c1-34-24-17-21(31-11-10-22(32)20-15-27(37-4)30(40-7)28(16-20)38-5)19(14-23(24)33)9-8-18-12-25(35-2)29(39-6)26(13-18)36-3/h8-17,31,33H,1-7H3. The molecule has 0 aliphatic heterocycles. The molecule has 40 heavy (non-hydrogen) atoms. The molecule has 0 bridgehead atoms. The molecule has 3 rings (SSSR count). The van der Waals surface area contributed by atoms with Crippen molar-refractivity contribution in [1.29, 1.82) is 0 Å². The SMILES string of the molecule is COc1cc(NC=CC(=O)c2cc(OC)c(OC)c(OC)c2)c(C=Cc2cc(OC)c(OC)c(OC)c2)cc1O. The summed E-state index contributed by atoms with van der Waals surface area (Å²) in [6, 6.07) is 9.91. The summed E-state index contributed by atoms with van der Waals surface area (Å²) in [6.45, 7) is 0. The van der Waals surface area contributed by atoms with Gasteiger partial charge in [0.25, 0.3) is 0 Å². The van der Waals surface area contributed by atoms with Crippen LogP contribution in [0.2, 0.25) is 0 Å². The lowest BCUT2D eigenvalue weighted by Crippen LogP contribution is -2.01. The van der Waals surface area contributed by atoms with E-state index in [0.29, 0.717) is 51.3 Å². The summed E-state index contributed by atoms with van der Waals surface area (Å²) in [6.07, 6.45) is 6.47. The number of nitrogens with one attached hydrogen (secondary N) is 1. The first-order valence-electron chi connectivity index (χ1n) is 12.0. The maximum Gasteiger partial charge on any atom is 0.203 e. The van der Waals surface area contributed by atoms with Crippen LogP contribution in [0, 0.1) is 0 Å². The first kappa shape index (κ1) is 29.6. The second kappa shape index (κ2) is 13.7. The normalized spacial score (nSPS) is 10.9. The van der Waals surface area contributed by atoms with Crippen LogP contribution >= 0.6 is 0 Å². The van der Waals surface area contributed by atoms with Crippen molar-refractivity contribution in [2.75, 3.05) is 55.1 Å². The van der Waals surface area contributed by atoms with E-state index in [4.69, 9.17) is 33.2 Å². The molecule has 0 spiro atoms. The number of benzene rings is 3. The van der Waals surface area contributed by atoms with E-state index < -0.39 is 0 Å². The van der Waals surface area contributed by atoms with Gasteiger partial charge in [0.2, 0.25) is 11.5 Å². The summed E-state index contributed by atoms with van der Waals surface area (Å²) >= 11 is 0. The number of ketones is 1. The third kappa shape index (κ3) is 6.52. The molecule has 0 radical (unpaired) electrons.